The number of cyclic esters (lactones) is 1. The van der Waals surface area contributed by atoms with Crippen LogP contribution in [0.25, 0.3) is 10.2 Å². The molecular weight excluding hydrogens is 384 g/mol. The van der Waals surface area contributed by atoms with E-state index in [0.717, 1.165) is 48.9 Å². The molecule has 2 aliphatic heterocycles. The normalized spacial score (nSPS) is 25.1. The summed E-state index contributed by atoms with van der Waals surface area (Å²) in [6, 6.07) is 0. The second-order valence-electron chi connectivity index (χ2n) is 7.40. The van der Waals surface area contributed by atoms with Gasteiger partial charge in [-0.15, -0.1) is 11.3 Å². The Balaban J connectivity index is 1.61. The van der Waals surface area contributed by atoms with Crippen molar-refractivity contribution in [1.82, 2.24) is 9.55 Å². The molecule has 0 N–H and O–H groups in total. The van der Waals surface area contributed by atoms with Crippen molar-refractivity contribution in [3.05, 3.63) is 20.8 Å². The molecule has 2 unspecified atom stereocenters. The lowest BCUT2D eigenvalue weighted by Gasteiger charge is -2.17. The third kappa shape index (κ3) is 3.21. The number of rotatable bonds is 4. The van der Waals surface area contributed by atoms with Gasteiger partial charge in [-0.05, 0) is 44.1 Å². The van der Waals surface area contributed by atoms with Gasteiger partial charge in [-0.2, -0.15) is 0 Å². The zero-order chi connectivity index (χ0) is 18.4. The minimum absolute atomic E-state index is 0.0313. The molecule has 5 rings (SSSR count). The topological polar surface area (TPSA) is 70.4 Å². The summed E-state index contributed by atoms with van der Waals surface area (Å²) in [4.78, 5) is 32.4. The summed E-state index contributed by atoms with van der Waals surface area (Å²) >= 11 is 3.03. The second kappa shape index (κ2) is 7.22. The van der Waals surface area contributed by atoms with Crippen molar-refractivity contribution in [2.45, 2.75) is 68.0 Å². The van der Waals surface area contributed by atoms with E-state index < -0.39 is 0 Å². The zero-order valence-electron chi connectivity index (χ0n) is 15.1. The van der Waals surface area contributed by atoms with Gasteiger partial charge in [0.25, 0.3) is 5.56 Å². The van der Waals surface area contributed by atoms with Gasteiger partial charge < -0.3 is 9.47 Å². The van der Waals surface area contributed by atoms with Crippen LogP contribution in [-0.2, 0) is 33.7 Å². The van der Waals surface area contributed by atoms with Crippen LogP contribution in [0.4, 0.5) is 0 Å². The number of esters is 1. The van der Waals surface area contributed by atoms with Crippen molar-refractivity contribution in [3.63, 3.8) is 0 Å². The predicted molar refractivity (Wildman–Crippen MR) is 105 cm³/mol. The molecular formula is C19H22N2O4S2. The van der Waals surface area contributed by atoms with E-state index in [1.54, 1.807) is 15.9 Å². The first-order valence-corrected chi connectivity index (χ1v) is 11.4. The van der Waals surface area contributed by atoms with Crippen molar-refractivity contribution in [1.29, 1.82) is 0 Å². The van der Waals surface area contributed by atoms with Gasteiger partial charge in [0, 0.05) is 17.9 Å². The van der Waals surface area contributed by atoms with Crippen LogP contribution < -0.4 is 5.56 Å². The molecule has 8 heteroatoms. The number of aryl methyl sites for hydroxylation is 2. The molecule has 0 bridgehead atoms. The molecule has 144 valence electrons. The van der Waals surface area contributed by atoms with Gasteiger partial charge in [-0.3, -0.25) is 14.2 Å². The summed E-state index contributed by atoms with van der Waals surface area (Å²) in [5.74, 6) is -0.205. The lowest BCUT2D eigenvalue weighted by Crippen LogP contribution is -2.29. The maximum absolute atomic E-state index is 13.5. The fourth-order valence-corrected chi connectivity index (χ4v) is 6.55. The number of carbonyl (C=O) groups is 1. The molecule has 2 fully saturated rings. The highest BCUT2D eigenvalue weighted by molar-refractivity contribution is 8.00. The molecule has 3 aliphatic rings. The Bertz CT molecular complexity index is 945. The van der Waals surface area contributed by atoms with Crippen LogP contribution >= 0.6 is 23.1 Å². The minimum Gasteiger partial charge on any atom is -0.465 e. The third-order valence-electron chi connectivity index (χ3n) is 5.58. The average molecular weight is 407 g/mol. The molecule has 4 heterocycles. The van der Waals surface area contributed by atoms with Crippen molar-refractivity contribution in [2.75, 3.05) is 13.2 Å². The number of hydrogen-bond acceptors (Lipinski definition) is 7. The van der Waals surface area contributed by atoms with Crippen LogP contribution in [0.5, 0.6) is 0 Å². The standard InChI is InChI=1S/C19H22N2O4S2/c22-17-15-12-5-1-2-6-13(12)26-16(15)20-19(27-14-7-9-25-18(14)23)21(17)10-11-4-3-8-24-11/h11,14H,1-10H2. The summed E-state index contributed by atoms with van der Waals surface area (Å²) in [6.07, 6.45) is 7.02. The number of thioether (sulfide) groups is 1. The van der Waals surface area contributed by atoms with E-state index in [-0.39, 0.29) is 22.9 Å². The molecule has 27 heavy (non-hydrogen) atoms. The molecule has 2 aromatic heterocycles. The van der Waals surface area contributed by atoms with Crippen molar-refractivity contribution in [3.8, 4) is 0 Å². The summed E-state index contributed by atoms with van der Waals surface area (Å²) in [5.41, 5.74) is 1.24. The summed E-state index contributed by atoms with van der Waals surface area (Å²) in [7, 11) is 0. The minimum atomic E-state index is -0.278. The van der Waals surface area contributed by atoms with E-state index in [9.17, 15) is 9.59 Å². The number of aromatic nitrogens is 2. The number of carbonyl (C=O) groups excluding carboxylic acids is 1. The van der Waals surface area contributed by atoms with Crippen LogP contribution in [0.3, 0.4) is 0 Å². The van der Waals surface area contributed by atoms with Gasteiger partial charge in [-0.25, -0.2) is 4.98 Å². The van der Waals surface area contributed by atoms with Gasteiger partial charge in [0.05, 0.1) is 24.6 Å². The molecule has 0 aromatic carbocycles. The third-order valence-corrected chi connectivity index (χ3v) is 8.01. The van der Waals surface area contributed by atoms with E-state index >= 15 is 0 Å². The smallest absolute Gasteiger partial charge is 0.319 e. The molecule has 2 saturated heterocycles. The first-order valence-electron chi connectivity index (χ1n) is 9.70. The van der Waals surface area contributed by atoms with Crippen LogP contribution in [-0.4, -0.2) is 40.1 Å². The molecule has 2 aromatic rings. The molecule has 0 saturated carbocycles. The summed E-state index contributed by atoms with van der Waals surface area (Å²) in [5, 5.41) is 1.15. The molecule has 6 nitrogen and oxygen atoms in total. The van der Waals surface area contributed by atoms with Crippen LogP contribution in [0.2, 0.25) is 0 Å². The maximum atomic E-state index is 13.5. The predicted octanol–water partition coefficient (Wildman–Crippen LogP) is 2.92. The SMILES string of the molecule is O=C1OCCC1Sc1nc2sc3c(c2c(=O)n1CC1CCCO1)CCCC3. The molecule has 2 atom stereocenters. The van der Waals surface area contributed by atoms with E-state index in [1.807, 2.05) is 0 Å². The van der Waals surface area contributed by atoms with Crippen molar-refractivity contribution < 1.29 is 14.3 Å². The maximum Gasteiger partial charge on any atom is 0.319 e. The lowest BCUT2D eigenvalue weighted by molar-refractivity contribution is -0.137. The Labute approximate surface area is 165 Å². The van der Waals surface area contributed by atoms with Gasteiger partial charge >= 0.3 is 5.97 Å². The Morgan fingerprint density at radius 2 is 2.04 bits per heavy atom. The molecule has 0 radical (unpaired) electrons. The molecule has 0 amide bonds. The van der Waals surface area contributed by atoms with E-state index in [2.05, 4.69) is 0 Å². The average Bonchev–Trinajstić information content (AvgIpc) is 3.39. The van der Waals surface area contributed by atoms with Crippen LogP contribution in [0, 0.1) is 0 Å². The van der Waals surface area contributed by atoms with Gasteiger partial charge in [0.1, 0.15) is 10.1 Å². The van der Waals surface area contributed by atoms with Gasteiger partial charge in [-0.1, -0.05) is 11.8 Å². The monoisotopic (exact) mass is 406 g/mol. The largest absolute Gasteiger partial charge is 0.465 e. The Kier molecular flexibility index (Phi) is 4.73. The van der Waals surface area contributed by atoms with Crippen molar-refractivity contribution in [2.24, 2.45) is 0 Å². The van der Waals surface area contributed by atoms with Crippen LogP contribution in [0.15, 0.2) is 9.95 Å². The first-order chi connectivity index (χ1) is 13.2. The summed E-state index contributed by atoms with van der Waals surface area (Å²) in [6.45, 7) is 1.71. The zero-order valence-corrected chi connectivity index (χ0v) is 16.7. The van der Waals surface area contributed by atoms with E-state index in [1.165, 1.54) is 28.6 Å². The number of thiophene rings is 1. The van der Waals surface area contributed by atoms with Crippen molar-refractivity contribution >= 4 is 39.3 Å². The van der Waals surface area contributed by atoms with E-state index in [4.69, 9.17) is 14.5 Å². The number of nitrogens with zero attached hydrogens (tertiary/aromatic N) is 2. The number of fused-ring (bicyclic) bond motifs is 3. The van der Waals surface area contributed by atoms with Crippen LogP contribution in [0.1, 0.15) is 42.5 Å². The van der Waals surface area contributed by atoms with E-state index in [0.29, 0.717) is 24.7 Å². The fraction of sp³-hybridized carbons (Fsp3) is 0.632. The quantitative estimate of drug-likeness (QED) is 0.574. The lowest BCUT2D eigenvalue weighted by atomic mass is 9.97. The molecule has 1 aliphatic carbocycles. The highest BCUT2D eigenvalue weighted by Gasteiger charge is 2.31. The highest BCUT2D eigenvalue weighted by Crippen LogP contribution is 2.36. The fourth-order valence-electron chi connectivity index (χ4n) is 4.17. The Hall–Kier alpha value is -1.38. The first kappa shape index (κ1) is 17.7. The summed E-state index contributed by atoms with van der Waals surface area (Å²) < 4.78 is 12.6. The Morgan fingerprint density at radius 3 is 2.81 bits per heavy atom. The molecule has 0 spiro atoms. The van der Waals surface area contributed by atoms with Gasteiger partial charge in [0.15, 0.2) is 5.16 Å². The number of hydrogen-bond donors (Lipinski definition) is 0. The van der Waals surface area contributed by atoms with Gasteiger partial charge in [0.2, 0.25) is 0 Å². The second-order valence-corrected chi connectivity index (χ2v) is 9.65. The Morgan fingerprint density at radius 1 is 1.15 bits per heavy atom. The highest BCUT2D eigenvalue weighted by atomic mass is 32.2. The number of ether oxygens (including phenoxy) is 2.